The molecule has 0 aliphatic carbocycles. The van der Waals surface area contributed by atoms with Crippen LogP contribution in [0.25, 0.3) is 6.08 Å². The van der Waals surface area contributed by atoms with Gasteiger partial charge in [-0.3, -0.25) is 4.79 Å². The van der Waals surface area contributed by atoms with Crippen LogP contribution in [0.4, 0.5) is 0 Å². The van der Waals surface area contributed by atoms with E-state index < -0.39 is 5.91 Å². The number of nitrogens with one attached hydrogen (secondary N) is 1. The van der Waals surface area contributed by atoms with Crippen molar-refractivity contribution in [1.29, 1.82) is 5.26 Å². The van der Waals surface area contributed by atoms with Gasteiger partial charge in [0.25, 0.3) is 5.91 Å². The summed E-state index contributed by atoms with van der Waals surface area (Å²) in [4.78, 5) is 12.1. The number of amides is 1. The Morgan fingerprint density at radius 2 is 2.22 bits per heavy atom. The van der Waals surface area contributed by atoms with Crippen molar-refractivity contribution in [3.05, 3.63) is 29.3 Å². The smallest absolute Gasteiger partial charge is 0.262 e. The van der Waals surface area contributed by atoms with Gasteiger partial charge in [-0.05, 0) is 36.6 Å². The van der Waals surface area contributed by atoms with Crippen LogP contribution in [-0.4, -0.2) is 39.4 Å². The average Bonchev–Trinajstić information content (AvgIpc) is 3.10. The Balaban J connectivity index is 2.08. The van der Waals surface area contributed by atoms with Crippen molar-refractivity contribution in [2.75, 3.05) is 27.4 Å². The molecule has 1 aliphatic rings. The number of benzene rings is 1. The first-order valence-electron chi connectivity index (χ1n) is 7.41. The molecule has 1 saturated heterocycles. The highest BCUT2D eigenvalue weighted by atomic mass is 16.5. The zero-order valence-electron chi connectivity index (χ0n) is 13.3. The van der Waals surface area contributed by atoms with Crippen molar-refractivity contribution in [3.63, 3.8) is 0 Å². The molecule has 23 heavy (non-hydrogen) atoms. The quantitative estimate of drug-likeness (QED) is 0.640. The minimum absolute atomic E-state index is 0.0372. The van der Waals surface area contributed by atoms with Crippen LogP contribution in [0, 0.1) is 11.3 Å². The Morgan fingerprint density at radius 3 is 2.83 bits per heavy atom. The fourth-order valence-electron chi connectivity index (χ4n) is 2.36. The van der Waals surface area contributed by atoms with Crippen LogP contribution < -0.4 is 14.8 Å². The van der Waals surface area contributed by atoms with Gasteiger partial charge in [-0.1, -0.05) is 6.07 Å². The molecule has 1 aliphatic heterocycles. The number of hydrogen-bond acceptors (Lipinski definition) is 5. The maximum absolute atomic E-state index is 12.1. The molecule has 6 heteroatoms. The fourth-order valence-corrected chi connectivity index (χ4v) is 2.36. The molecule has 0 spiro atoms. The van der Waals surface area contributed by atoms with Gasteiger partial charge in [-0.2, -0.15) is 5.26 Å². The van der Waals surface area contributed by atoms with Crippen molar-refractivity contribution in [3.8, 4) is 17.6 Å². The topological polar surface area (TPSA) is 80.6 Å². The summed E-state index contributed by atoms with van der Waals surface area (Å²) in [5, 5.41) is 11.9. The van der Waals surface area contributed by atoms with Crippen LogP contribution in [0.1, 0.15) is 18.4 Å². The molecular weight excluding hydrogens is 296 g/mol. The summed E-state index contributed by atoms with van der Waals surface area (Å²) in [6, 6.07) is 7.12. The summed E-state index contributed by atoms with van der Waals surface area (Å²) >= 11 is 0. The van der Waals surface area contributed by atoms with Gasteiger partial charge in [-0.15, -0.1) is 0 Å². The molecule has 1 amide bonds. The van der Waals surface area contributed by atoms with Crippen LogP contribution >= 0.6 is 0 Å². The van der Waals surface area contributed by atoms with Gasteiger partial charge in [0.1, 0.15) is 11.6 Å². The molecule has 0 unspecified atom stereocenters. The lowest BCUT2D eigenvalue weighted by molar-refractivity contribution is -0.117. The molecule has 0 radical (unpaired) electrons. The Bertz CT molecular complexity index is 628. The molecular formula is C17H20N2O4. The van der Waals surface area contributed by atoms with E-state index in [1.165, 1.54) is 13.2 Å². The van der Waals surface area contributed by atoms with Crippen LogP contribution in [-0.2, 0) is 9.53 Å². The average molecular weight is 316 g/mol. The molecule has 2 rings (SSSR count). The molecule has 1 heterocycles. The van der Waals surface area contributed by atoms with Gasteiger partial charge in [0.15, 0.2) is 11.5 Å². The number of nitriles is 1. The second kappa shape index (κ2) is 8.20. The Labute approximate surface area is 135 Å². The number of methoxy groups -OCH3 is 2. The normalized spacial score (nSPS) is 17.4. The van der Waals surface area contributed by atoms with Crippen LogP contribution in [0.15, 0.2) is 23.8 Å². The minimum Gasteiger partial charge on any atom is -0.493 e. The molecule has 6 nitrogen and oxygen atoms in total. The van der Waals surface area contributed by atoms with Crippen molar-refractivity contribution >= 4 is 12.0 Å². The first-order valence-corrected chi connectivity index (χ1v) is 7.41. The number of carbonyl (C=O) groups excluding carboxylic acids is 1. The molecule has 0 saturated carbocycles. The molecule has 1 N–H and O–H groups in total. The molecule has 1 aromatic carbocycles. The maximum atomic E-state index is 12.1. The largest absolute Gasteiger partial charge is 0.493 e. The third-order valence-corrected chi connectivity index (χ3v) is 3.60. The molecule has 1 atom stereocenters. The summed E-state index contributed by atoms with van der Waals surface area (Å²) in [6.07, 6.45) is 3.50. The van der Waals surface area contributed by atoms with Gasteiger partial charge in [-0.25, -0.2) is 0 Å². The SMILES string of the molecule is COc1ccc(/C=C(\C#N)C(=O)NC[C@@H]2CCCO2)cc1OC. The van der Waals surface area contributed by atoms with Gasteiger partial charge < -0.3 is 19.5 Å². The van der Waals surface area contributed by atoms with E-state index in [2.05, 4.69) is 5.32 Å². The highest BCUT2D eigenvalue weighted by Crippen LogP contribution is 2.28. The third kappa shape index (κ3) is 4.47. The molecule has 0 aromatic heterocycles. The summed E-state index contributed by atoms with van der Waals surface area (Å²) < 4.78 is 15.8. The van der Waals surface area contributed by atoms with Gasteiger partial charge in [0.2, 0.25) is 0 Å². The Kier molecular flexibility index (Phi) is 6.01. The van der Waals surface area contributed by atoms with E-state index in [0.29, 0.717) is 23.6 Å². The minimum atomic E-state index is -0.405. The monoisotopic (exact) mass is 316 g/mol. The number of rotatable bonds is 6. The van der Waals surface area contributed by atoms with Crippen molar-refractivity contribution in [1.82, 2.24) is 5.32 Å². The Morgan fingerprint density at radius 1 is 1.43 bits per heavy atom. The van der Waals surface area contributed by atoms with Crippen LogP contribution in [0.2, 0.25) is 0 Å². The second-order valence-electron chi connectivity index (χ2n) is 5.13. The number of hydrogen-bond donors (Lipinski definition) is 1. The highest BCUT2D eigenvalue weighted by Gasteiger charge is 2.17. The number of nitrogens with zero attached hydrogens (tertiary/aromatic N) is 1. The van der Waals surface area contributed by atoms with E-state index in [9.17, 15) is 10.1 Å². The predicted molar refractivity (Wildman–Crippen MR) is 85.1 cm³/mol. The van der Waals surface area contributed by atoms with Crippen molar-refractivity contribution in [2.24, 2.45) is 0 Å². The standard InChI is InChI=1S/C17H20N2O4/c1-21-15-6-5-12(9-16(15)22-2)8-13(10-18)17(20)19-11-14-4-3-7-23-14/h5-6,8-9,14H,3-4,7,11H2,1-2H3,(H,19,20)/b13-8+/t14-/m0/s1. The van der Waals surface area contributed by atoms with Crippen molar-refractivity contribution in [2.45, 2.75) is 18.9 Å². The van der Waals surface area contributed by atoms with Crippen molar-refractivity contribution < 1.29 is 19.0 Å². The van der Waals surface area contributed by atoms with E-state index in [1.807, 2.05) is 6.07 Å². The fraction of sp³-hybridized carbons (Fsp3) is 0.412. The lowest BCUT2D eigenvalue weighted by Gasteiger charge is -2.10. The summed E-state index contributed by atoms with van der Waals surface area (Å²) in [5.74, 6) is 0.724. The highest BCUT2D eigenvalue weighted by molar-refractivity contribution is 6.01. The summed E-state index contributed by atoms with van der Waals surface area (Å²) in [7, 11) is 3.08. The van der Waals surface area contributed by atoms with E-state index in [-0.39, 0.29) is 11.7 Å². The van der Waals surface area contributed by atoms with Crippen LogP contribution in [0.3, 0.4) is 0 Å². The lowest BCUT2D eigenvalue weighted by atomic mass is 10.1. The van der Waals surface area contributed by atoms with Crippen LogP contribution in [0.5, 0.6) is 11.5 Å². The molecule has 0 bridgehead atoms. The van der Waals surface area contributed by atoms with Gasteiger partial charge in [0.05, 0.1) is 20.3 Å². The summed E-state index contributed by atoms with van der Waals surface area (Å²) in [5.41, 5.74) is 0.724. The third-order valence-electron chi connectivity index (χ3n) is 3.60. The molecule has 1 fully saturated rings. The zero-order chi connectivity index (χ0) is 16.7. The second-order valence-corrected chi connectivity index (χ2v) is 5.13. The van der Waals surface area contributed by atoms with E-state index >= 15 is 0 Å². The zero-order valence-corrected chi connectivity index (χ0v) is 13.3. The van der Waals surface area contributed by atoms with Gasteiger partial charge in [0, 0.05) is 13.2 Å². The first-order chi connectivity index (χ1) is 11.2. The maximum Gasteiger partial charge on any atom is 0.262 e. The number of ether oxygens (including phenoxy) is 3. The lowest BCUT2D eigenvalue weighted by Crippen LogP contribution is -2.32. The van der Waals surface area contributed by atoms with E-state index in [1.54, 1.807) is 25.3 Å². The van der Waals surface area contributed by atoms with E-state index in [4.69, 9.17) is 14.2 Å². The van der Waals surface area contributed by atoms with Gasteiger partial charge >= 0.3 is 0 Å². The van der Waals surface area contributed by atoms with E-state index in [0.717, 1.165) is 19.4 Å². The molecule has 1 aromatic rings. The predicted octanol–water partition coefficient (Wildman–Crippen LogP) is 1.91. The molecule has 122 valence electrons. The summed E-state index contributed by atoms with van der Waals surface area (Å²) in [6.45, 7) is 1.15. The first kappa shape index (κ1) is 16.8. The number of carbonyl (C=O) groups is 1. The Hall–Kier alpha value is -2.52.